The molecule has 0 heteroatoms. The lowest BCUT2D eigenvalue weighted by Gasteiger charge is -2.15. The quantitative estimate of drug-likeness (QED) is 0.286. The van der Waals surface area contributed by atoms with E-state index in [1.54, 1.807) is 0 Å². The van der Waals surface area contributed by atoms with Gasteiger partial charge in [-0.3, -0.25) is 0 Å². The molecule has 0 amide bonds. The number of aryl methyl sites for hydroxylation is 3. The van der Waals surface area contributed by atoms with Crippen molar-refractivity contribution in [3.63, 3.8) is 0 Å². The third-order valence-corrected chi connectivity index (χ3v) is 5.63. The van der Waals surface area contributed by atoms with E-state index in [9.17, 15) is 0 Å². The summed E-state index contributed by atoms with van der Waals surface area (Å²) in [6.07, 6.45) is 10.8. The van der Waals surface area contributed by atoms with Gasteiger partial charge in [0.05, 0.1) is 0 Å². The lowest BCUT2D eigenvalue weighted by atomic mass is 9.91. The number of rotatable bonds is 7. The van der Waals surface area contributed by atoms with Crippen molar-refractivity contribution < 1.29 is 0 Å². The number of allylic oxidation sites excluding steroid dienone is 5. The molecule has 0 nitrogen and oxygen atoms in total. The van der Waals surface area contributed by atoms with Gasteiger partial charge in [0.15, 0.2) is 0 Å². The molecule has 2 aromatic carbocycles. The second-order valence-corrected chi connectivity index (χ2v) is 8.32. The molecular weight excluding hydrogens is 408 g/mol. The van der Waals surface area contributed by atoms with Crippen molar-refractivity contribution in [1.29, 1.82) is 0 Å². The van der Waals surface area contributed by atoms with E-state index in [0.29, 0.717) is 0 Å². The Kier molecular flexibility index (Phi) is 17.3. The highest BCUT2D eigenvalue weighted by atomic mass is 14.1. The molecule has 0 unspecified atom stereocenters. The van der Waals surface area contributed by atoms with Crippen molar-refractivity contribution in [2.24, 2.45) is 0 Å². The Labute approximate surface area is 212 Å². The van der Waals surface area contributed by atoms with E-state index in [4.69, 9.17) is 6.42 Å². The van der Waals surface area contributed by atoms with Crippen molar-refractivity contribution in [2.75, 3.05) is 0 Å². The molecule has 0 saturated heterocycles. The fourth-order valence-corrected chi connectivity index (χ4v) is 3.90. The molecule has 0 atom stereocenters. The van der Waals surface area contributed by atoms with Crippen LogP contribution in [0.5, 0.6) is 0 Å². The summed E-state index contributed by atoms with van der Waals surface area (Å²) in [5.41, 5.74) is 13.0. The van der Waals surface area contributed by atoms with Gasteiger partial charge in [0.1, 0.15) is 0 Å². The Morgan fingerprint density at radius 3 is 1.85 bits per heavy atom. The van der Waals surface area contributed by atoms with Crippen LogP contribution in [-0.4, -0.2) is 0 Å². The van der Waals surface area contributed by atoms with Crippen LogP contribution >= 0.6 is 0 Å². The first-order valence-corrected chi connectivity index (χ1v) is 12.4. The van der Waals surface area contributed by atoms with Gasteiger partial charge in [-0.25, -0.2) is 0 Å². The summed E-state index contributed by atoms with van der Waals surface area (Å²) in [6.45, 7) is 25.3. The predicted molar refractivity (Wildman–Crippen MR) is 158 cm³/mol. The van der Waals surface area contributed by atoms with Crippen LogP contribution < -0.4 is 0 Å². The molecule has 34 heavy (non-hydrogen) atoms. The minimum absolute atomic E-state index is 0. The summed E-state index contributed by atoms with van der Waals surface area (Å²) < 4.78 is 0. The highest BCUT2D eigenvalue weighted by Gasteiger charge is 2.08. The second kappa shape index (κ2) is 17.7. The molecule has 0 fully saturated rings. The summed E-state index contributed by atoms with van der Waals surface area (Å²) in [5, 5.41) is 0. The average Bonchev–Trinajstić information content (AvgIpc) is 2.80. The Morgan fingerprint density at radius 1 is 0.912 bits per heavy atom. The molecule has 0 aromatic heterocycles. The largest absolute Gasteiger partial charge is 0.115 e. The van der Waals surface area contributed by atoms with Gasteiger partial charge in [-0.2, -0.15) is 0 Å². The summed E-state index contributed by atoms with van der Waals surface area (Å²) in [6, 6.07) is 12.9. The molecule has 0 bridgehead atoms. The van der Waals surface area contributed by atoms with Crippen LogP contribution in [-0.2, 0) is 12.8 Å². The van der Waals surface area contributed by atoms with Gasteiger partial charge in [0, 0.05) is 5.56 Å². The van der Waals surface area contributed by atoms with Crippen LogP contribution in [0, 0.1) is 33.1 Å². The number of hydrogen-bond acceptors (Lipinski definition) is 0. The summed E-state index contributed by atoms with van der Waals surface area (Å²) in [5.74, 6) is 2.68. The van der Waals surface area contributed by atoms with E-state index in [-0.39, 0.29) is 7.43 Å². The Balaban J connectivity index is 0. The molecule has 0 spiro atoms. The van der Waals surface area contributed by atoms with Crippen LogP contribution in [0.25, 0.3) is 0 Å². The lowest BCUT2D eigenvalue weighted by molar-refractivity contribution is 0.923. The monoisotopic (exact) mass is 458 g/mol. The van der Waals surface area contributed by atoms with Crippen molar-refractivity contribution in [3.05, 3.63) is 105 Å². The van der Waals surface area contributed by atoms with Gasteiger partial charge in [0.25, 0.3) is 0 Å². The molecule has 2 aromatic rings. The SMILES string of the molecule is C.C#Cc1ccc(C/C(C)=C/C(CCc2c(C)cc(C)cc2C)=C(C)C(=C)C)cc1.CC.CC. The summed E-state index contributed by atoms with van der Waals surface area (Å²) in [7, 11) is 0. The first-order chi connectivity index (χ1) is 15.7. The second-order valence-electron chi connectivity index (χ2n) is 8.32. The molecule has 0 radical (unpaired) electrons. The number of hydrogen-bond donors (Lipinski definition) is 0. The van der Waals surface area contributed by atoms with Crippen molar-refractivity contribution in [1.82, 2.24) is 0 Å². The predicted octanol–water partition coefficient (Wildman–Crippen LogP) is 10.3. The van der Waals surface area contributed by atoms with Crippen LogP contribution in [0.15, 0.2) is 71.3 Å². The minimum Gasteiger partial charge on any atom is -0.115 e. The van der Waals surface area contributed by atoms with Crippen molar-refractivity contribution in [2.45, 2.75) is 95.9 Å². The zero-order valence-electron chi connectivity index (χ0n) is 22.9. The topological polar surface area (TPSA) is 0 Å². The molecule has 186 valence electrons. The van der Waals surface area contributed by atoms with Crippen LogP contribution in [0.2, 0.25) is 0 Å². The molecule has 0 aliphatic heterocycles. The first-order valence-electron chi connectivity index (χ1n) is 12.4. The van der Waals surface area contributed by atoms with E-state index in [1.807, 2.05) is 39.8 Å². The number of terminal acetylenes is 1. The standard InChI is InChI=1S/C29H34.2C2H6.CH4/c1-9-26-10-12-27(13-11-26)18-22(5)19-28(25(8)20(2)3)14-15-29-23(6)16-21(4)17-24(29)7;2*1-2;/h1,10-13,16-17,19H,2,14-15,18H2,3-8H3;2*1-2H3;1H4/b22-19+,28-25?;;;. The highest BCUT2D eigenvalue weighted by Crippen LogP contribution is 2.25. The van der Waals surface area contributed by atoms with Gasteiger partial charge >= 0.3 is 0 Å². The third-order valence-electron chi connectivity index (χ3n) is 5.63. The first kappa shape index (κ1) is 33.4. The van der Waals surface area contributed by atoms with E-state index >= 15 is 0 Å². The van der Waals surface area contributed by atoms with Gasteiger partial charge in [0.2, 0.25) is 0 Å². The maximum atomic E-state index is 5.46. The van der Waals surface area contributed by atoms with Gasteiger partial charge < -0.3 is 0 Å². The molecular formula is C34H50. The summed E-state index contributed by atoms with van der Waals surface area (Å²) >= 11 is 0. The Hall–Kier alpha value is -2.78. The molecule has 0 saturated carbocycles. The van der Waals surface area contributed by atoms with E-state index < -0.39 is 0 Å². The number of benzene rings is 2. The van der Waals surface area contributed by atoms with E-state index in [1.165, 1.54) is 44.5 Å². The maximum absolute atomic E-state index is 5.46. The molecule has 2 rings (SSSR count). The van der Waals surface area contributed by atoms with Crippen molar-refractivity contribution >= 4 is 0 Å². The van der Waals surface area contributed by atoms with Crippen molar-refractivity contribution in [3.8, 4) is 12.3 Å². The minimum atomic E-state index is 0. The zero-order valence-corrected chi connectivity index (χ0v) is 22.9. The normalized spacial score (nSPS) is 10.9. The Morgan fingerprint density at radius 2 is 1.41 bits per heavy atom. The third kappa shape index (κ3) is 10.9. The summed E-state index contributed by atoms with van der Waals surface area (Å²) in [4.78, 5) is 0. The molecule has 0 aliphatic rings. The average molecular weight is 459 g/mol. The molecule has 0 aliphatic carbocycles. The molecule has 0 heterocycles. The lowest BCUT2D eigenvalue weighted by Crippen LogP contribution is -1.99. The van der Waals surface area contributed by atoms with Gasteiger partial charge in [-0.15, -0.1) is 6.42 Å². The van der Waals surface area contributed by atoms with E-state index in [0.717, 1.165) is 30.4 Å². The smallest absolute Gasteiger partial charge is 0.0242 e. The zero-order chi connectivity index (χ0) is 25.6. The fourth-order valence-electron chi connectivity index (χ4n) is 3.90. The van der Waals surface area contributed by atoms with E-state index in [2.05, 4.69) is 84.4 Å². The van der Waals surface area contributed by atoms with Gasteiger partial charge in [-0.05, 0) is 106 Å². The van der Waals surface area contributed by atoms with Gasteiger partial charge in [-0.1, -0.05) is 94.7 Å². The Bertz CT molecular complexity index is 962. The van der Waals surface area contributed by atoms with Crippen LogP contribution in [0.3, 0.4) is 0 Å². The maximum Gasteiger partial charge on any atom is 0.0242 e. The molecule has 0 N–H and O–H groups in total. The highest BCUT2D eigenvalue weighted by molar-refractivity contribution is 5.42. The fraction of sp³-hybridized carbons (Fsp3) is 0.412. The van der Waals surface area contributed by atoms with Crippen LogP contribution in [0.1, 0.15) is 95.7 Å². The van der Waals surface area contributed by atoms with Crippen LogP contribution in [0.4, 0.5) is 0 Å².